The molecule has 21 heteroatoms. The van der Waals surface area contributed by atoms with E-state index in [-0.39, 0.29) is 52.3 Å². The van der Waals surface area contributed by atoms with E-state index in [4.69, 9.17) is 62.0 Å². The molecule has 7 N–H and O–H groups in total. The van der Waals surface area contributed by atoms with Crippen molar-refractivity contribution in [3.63, 3.8) is 0 Å². The number of imidazole rings is 1. The number of nitrogens with two attached hydrogens (primary N) is 1. The standard InChI is InChI=1S/C17H16BrCl2N3O3S.C17H14BrCl2N3O2S.C2H4O2.CH4/c18-15-12(19)8-13(17(21)16(15)20)22-14(24)7-9-1-5-11(6-2-9)27(25,26)23-10-3-4-10;18-15-12(19)8-13-17(16(15)20)22-14(21-13)7-9-1-5-11(6-2-9)26(24,25)23-10-3-4-10;1-2(3)4;/h1-2,5-6,8,10,23H,3-4,7,21H2,(H,22,24);1-2,5-6,8,10,23H,3-4,7H2,(H,21,22);1H3,(H,3,4);1H4. The van der Waals surface area contributed by atoms with E-state index < -0.39 is 26.0 Å². The van der Waals surface area contributed by atoms with Crippen LogP contribution in [0.4, 0.5) is 11.4 Å². The molecule has 1 heterocycles. The number of aromatic nitrogens is 2. The summed E-state index contributed by atoms with van der Waals surface area (Å²) < 4.78 is 55.1. The van der Waals surface area contributed by atoms with E-state index in [1.807, 2.05) is 0 Å². The number of carbonyl (C=O) groups excluding carboxylic acids is 1. The fourth-order valence-electron chi connectivity index (χ4n) is 5.03. The number of fused-ring (bicyclic) bond motifs is 1. The van der Waals surface area contributed by atoms with Crippen LogP contribution in [0.1, 0.15) is 57.0 Å². The molecule has 0 radical (unpaired) electrons. The molecule has 2 fully saturated rings. The summed E-state index contributed by atoms with van der Waals surface area (Å²) in [5.74, 6) is -0.439. The van der Waals surface area contributed by atoms with Gasteiger partial charge in [0, 0.05) is 25.4 Å². The molecule has 7 rings (SSSR count). The van der Waals surface area contributed by atoms with Gasteiger partial charge in [0.1, 0.15) is 11.3 Å². The van der Waals surface area contributed by atoms with Crippen LogP contribution in [0, 0.1) is 0 Å². The zero-order valence-corrected chi connectivity index (χ0v) is 37.5. The molecule has 0 spiro atoms. The Hall–Kier alpha value is -2.97. The number of amides is 1. The van der Waals surface area contributed by atoms with Gasteiger partial charge in [0.05, 0.1) is 62.1 Å². The van der Waals surface area contributed by atoms with Crippen LogP contribution in [-0.2, 0) is 42.5 Å². The molecule has 0 saturated heterocycles. The number of benzene rings is 4. The molecular weight excluding hydrogens is 1010 g/mol. The van der Waals surface area contributed by atoms with Crippen molar-refractivity contribution >= 4 is 133 Å². The number of carboxylic acids is 1. The Bertz CT molecular complexity index is 2530. The second-order valence-corrected chi connectivity index (χ2v) is 19.6. The Labute approximate surface area is 373 Å². The number of carboxylic acid groups (broad SMARTS) is 1. The van der Waals surface area contributed by atoms with Crippen LogP contribution in [0.15, 0.2) is 79.4 Å². The van der Waals surface area contributed by atoms with Crippen molar-refractivity contribution < 1.29 is 31.5 Å². The number of sulfonamides is 2. The molecule has 58 heavy (non-hydrogen) atoms. The fraction of sp³-hybridized carbons (Fsp3) is 0.270. The maximum Gasteiger partial charge on any atom is 0.300 e. The van der Waals surface area contributed by atoms with Crippen molar-refractivity contribution in [1.29, 1.82) is 0 Å². The highest BCUT2D eigenvalue weighted by Crippen LogP contribution is 2.40. The molecule has 2 saturated carbocycles. The highest BCUT2D eigenvalue weighted by atomic mass is 79.9. The van der Waals surface area contributed by atoms with Crippen LogP contribution in [-0.4, -0.2) is 55.9 Å². The summed E-state index contributed by atoms with van der Waals surface area (Å²) in [4.78, 5) is 29.5. The smallest absolute Gasteiger partial charge is 0.300 e. The minimum Gasteiger partial charge on any atom is -0.481 e. The van der Waals surface area contributed by atoms with Crippen molar-refractivity contribution in [3.8, 4) is 0 Å². The number of anilines is 2. The van der Waals surface area contributed by atoms with Crippen LogP contribution < -0.4 is 20.5 Å². The minimum atomic E-state index is -3.51. The highest BCUT2D eigenvalue weighted by molar-refractivity contribution is 9.11. The van der Waals surface area contributed by atoms with Crippen molar-refractivity contribution in [1.82, 2.24) is 19.4 Å². The molecule has 1 aromatic heterocycles. The van der Waals surface area contributed by atoms with Gasteiger partial charge >= 0.3 is 0 Å². The number of nitrogens with one attached hydrogen (secondary N) is 4. The number of hydrogen-bond donors (Lipinski definition) is 6. The number of nitrogens with zero attached hydrogens (tertiary/aromatic N) is 1. The predicted molar refractivity (Wildman–Crippen MR) is 237 cm³/mol. The van der Waals surface area contributed by atoms with Crippen LogP contribution >= 0.6 is 78.3 Å². The van der Waals surface area contributed by atoms with E-state index in [2.05, 4.69) is 56.6 Å². The van der Waals surface area contributed by atoms with E-state index in [9.17, 15) is 21.6 Å². The first kappa shape index (κ1) is 47.7. The predicted octanol–water partition coefficient (Wildman–Crippen LogP) is 9.35. The second kappa shape index (κ2) is 20.1. The number of H-pyrrole nitrogens is 1. The quantitative estimate of drug-likeness (QED) is 0.0549. The van der Waals surface area contributed by atoms with Gasteiger partial charge in [-0.25, -0.2) is 31.3 Å². The van der Waals surface area contributed by atoms with Crippen LogP contribution in [0.2, 0.25) is 20.1 Å². The number of nitrogen functional groups attached to an aromatic ring is 1. The van der Waals surface area contributed by atoms with Gasteiger partial charge in [-0.05, 0) is 105 Å². The lowest BCUT2D eigenvalue weighted by molar-refractivity contribution is -0.134. The third-order valence-electron chi connectivity index (χ3n) is 8.14. The number of aliphatic carboxylic acids is 1. The molecule has 4 aromatic carbocycles. The lowest BCUT2D eigenvalue weighted by atomic mass is 10.1. The first-order chi connectivity index (χ1) is 26.7. The van der Waals surface area contributed by atoms with Gasteiger partial charge in [-0.2, -0.15) is 0 Å². The van der Waals surface area contributed by atoms with E-state index in [0.29, 0.717) is 47.2 Å². The first-order valence-electron chi connectivity index (χ1n) is 16.9. The molecule has 312 valence electrons. The number of carbonyl (C=O) groups is 2. The normalized spacial score (nSPS) is 13.7. The number of hydrogen-bond acceptors (Lipinski definition) is 8. The van der Waals surface area contributed by atoms with E-state index in [1.165, 1.54) is 18.2 Å². The molecule has 0 bridgehead atoms. The summed E-state index contributed by atoms with van der Waals surface area (Å²) in [5, 5.41) is 11.6. The van der Waals surface area contributed by atoms with Gasteiger partial charge in [-0.1, -0.05) is 78.1 Å². The molecule has 0 aliphatic heterocycles. The van der Waals surface area contributed by atoms with E-state index in [0.717, 1.165) is 49.5 Å². The molecule has 1 amide bonds. The second-order valence-electron chi connectivity index (χ2n) is 13.0. The highest BCUT2D eigenvalue weighted by Gasteiger charge is 2.29. The zero-order valence-electron chi connectivity index (χ0n) is 29.7. The topological polar surface area (TPSA) is 213 Å². The zero-order chi connectivity index (χ0) is 41.8. The molecule has 13 nitrogen and oxygen atoms in total. The van der Waals surface area contributed by atoms with Gasteiger partial charge in [0.25, 0.3) is 5.97 Å². The van der Waals surface area contributed by atoms with Crippen molar-refractivity contribution in [2.75, 3.05) is 11.1 Å². The monoisotopic (exact) mass is 1040 g/mol. The SMILES string of the molecule is C.CC(=O)O.Nc1c(NC(=O)Cc2ccc(S(=O)(=O)NC3CC3)cc2)cc(Cl)c(Br)c1Cl.O=S(=O)(NC1CC1)c1ccc(Cc2nc3c(Cl)c(Br)c(Cl)cc3[nH]2)cc1. The van der Waals surface area contributed by atoms with Crippen molar-refractivity contribution in [2.45, 2.75) is 74.7 Å². The molecule has 2 aliphatic rings. The van der Waals surface area contributed by atoms with Gasteiger partial charge in [-0.15, -0.1) is 0 Å². The Morgan fingerprint density at radius 2 is 1.26 bits per heavy atom. The molecular formula is C37H38Br2Cl4N6O7S2. The van der Waals surface area contributed by atoms with Crippen molar-refractivity contribution in [2.24, 2.45) is 0 Å². The maximum absolute atomic E-state index is 12.3. The average Bonchev–Trinajstić information content (AvgIpc) is 4.08. The number of halogens is 6. The van der Waals surface area contributed by atoms with E-state index in [1.54, 1.807) is 42.5 Å². The van der Waals surface area contributed by atoms with Gasteiger partial charge in [0.2, 0.25) is 26.0 Å². The lowest BCUT2D eigenvalue weighted by Crippen LogP contribution is -2.25. The molecule has 2 aliphatic carbocycles. The fourth-order valence-corrected chi connectivity index (χ4v) is 9.22. The number of aromatic amines is 1. The van der Waals surface area contributed by atoms with Crippen LogP contribution in [0.25, 0.3) is 11.0 Å². The molecule has 0 atom stereocenters. The lowest BCUT2D eigenvalue weighted by Gasteiger charge is -2.12. The largest absolute Gasteiger partial charge is 0.481 e. The Morgan fingerprint density at radius 1 is 0.810 bits per heavy atom. The molecule has 5 aromatic rings. The Kier molecular flexibility index (Phi) is 16.5. The van der Waals surface area contributed by atoms with Gasteiger partial charge in [-0.3, -0.25) is 9.59 Å². The van der Waals surface area contributed by atoms with E-state index >= 15 is 0 Å². The Morgan fingerprint density at radius 3 is 1.74 bits per heavy atom. The first-order valence-corrected chi connectivity index (χ1v) is 23.0. The summed E-state index contributed by atoms with van der Waals surface area (Å²) in [5.41, 5.74) is 9.41. The third kappa shape index (κ3) is 13.0. The summed E-state index contributed by atoms with van der Waals surface area (Å²) >= 11 is 31.1. The molecule has 0 unspecified atom stereocenters. The maximum atomic E-state index is 12.3. The summed E-state index contributed by atoms with van der Waals surface area (Å²) in [6.07, 6.45) is 4.12. The van der Waals surface area contributed by atoms with Crippen LogP contribution in [0.5, 0.6) is 0 Å². The van der Waals surface area contributed by atoms with Gasteiger partial charge in [0.15, 0.2) is 0 Å². The van der Waals surface area contributed by atoms with Gasteiger partial charge < -0.3 is 21.1 Å². The summed E-state index contributed by atoms with van der Waals surface area (Å²) in [6, 6.07) is 16.4. The average molecular weight is 1040 g/mol. The summed E-state index contributed by atoms with van der Waals surface area (Å²) in [7, 11) is -6.94. The number of rotatable bonds is 11. The minimum absolute atomic E-state index is 0. The summed E-state index contributed by atoms with van der Waals surface area (Å²) in [6.45, 7) is 1.08. The van der Waals surface area contributed by atoms with Crippen LogP contribution in [0.3, 0.4) is 0 Å². The Balaban J connectivity index is 0.000000231. The van der Waals surface area contributed by atoms with Crippen molar-refractivity contribution in [3.05, 3.63) is 107 Å². The third-order valence-corrected chi connectivity index (χ3v) is 15.1.